The zero-order chi connectivity index (χ0) is 17.1. The van der Waals surface area contributed by atoms with Crippen LogP contribution in [0.15, 0.2) is 72.4 Å². The highest BCUT2D eigenvalue weighted by Gasteiger charge is 2.06. The number of para-hydroxylation sites is 1. The molecule has 0 fully saturated rings. The summed E-state index contributed by atoms with van der Waals surface area (Å²) in [5.41, 5.74) is 4.08. The molecular formula is C20H16N4S. The van der Waals surface area contributed by atoms with Crippen LogP contribution in [-0.2, 0) is 0 Å². The van der Waals surface area contributed by atoms with Gasteiger partial charge in [0.25, 0.3) is 0 Å². The Morgan fingerprint density at radius 3 is 2.40 bits per heavy atom. The summed E-state index contributed by atoms with van der Waals surface area (Å²) < 4.78 is 0. The van der Waals surface area contributed by atoms with Gasteiger partial charge in [-0.1, -0.05) is 24.3 Å². The number of aromatic amines is 1. The number of rotatable bonds is 1. The summed E-state index contributed by atoms with van der Waals surface area (Å²) in [6, 6.07) is 18.2. The lowest BCUT2D eigenvalue weighted by Crippen LogP contribution is -1.76. The minimum Gasteiger partial charge on any atom is -0.337 e. The van der Waals surface area contributed by atoms with E-state index in [-0.39, 0.29) is 0 Å². The summed E-state index contributed by atoms with van der Waals surface area (Å²) in [7, 11) is 0. The standard InChI is InChI=1S/C11H9N3S.C9H7N/c1-7-6-15-11(13-7)9-5-8-3-2-4-12-10(8)14-9;1-2-6-9-8(4-1)5-3-7-10-9/h2-6H,1H3,(H,12,14);1-7H. The zero-order valence-electron chi connectivity index (χ0n) is 13.7. The zero-order valence-corrected chi connectivity index (χ0v) is 14.5. The number of nitrogens with one attached hydrogen (secondary N) is 1. The third-order valence-electron chi connectivity index (χ3n) is 3.75. The lowest BCUT2D eigenvalue weighted by atomic mass is 10.2. The smallest absolute Gasteiger partial charge is 0.139 e. The fourth-order valence-corrected chi connectivity index (χ4v) is 3.34. The van der Waals surface area contributed by atoms with Crippen LogP contribution in [0.5, 0.6) is 0 Å². The average Bonchev–Trinajstić information content (AvgIpc) is 3.28. The number of benzene rings is 1. The second kappa shape index (κ2) is 6.83. The third-order valence-corrected chi connectivity index (χ3v) is 4.75. The largest absolute Gasteiger partial charge is 0.337 e. The quantitative estimate of drug-likeness (QED) is 0.453. The molecule has 5 heteroatoms. The van der Waals surface area contributed by atoms with Gasteiger partial charge in [-0.25, -0.2) is 9.97 Å². The van der Waals surface area contributed by atoms with Gasteiger partial charge in [-0.15, -0.1) is 11.3 Å². The number of aryl methyl sites for hydroxylation is 1. The van der Waals surface area contributed by atoms with Crippen molar-refractivity contribution in [1.82, 2.24) is 19.9 Å². The van der Waals surface area contributed by atoms with E-state index in [4.69, 9.17) is 0 Å². The molecule has 0 amide bonds. The van der Waals surface area contributed by atoms with Crippen LogP contribution >= 0.6 is 11.3 Å². The van der Waals surface area contributed by atoms with Crippen LogP contribution in [-0.4, -0.2) is 19.9 Å². The van der Waals surface area contributed by atoms with E-state index in [9.17, 15) is 0 Å². The molecule has 0 radical (unpaired) electrons. The number of thiazole rings is 1. The molecule has 0 saturated heterocycles. The maximum atomic E-state index is 4.44. The first kappa shape index (κ1) is 15.5. The van der Waals surface area contributed by atoms with Crippen molar-refractivity contribution in [3.63, 3.8) is 0 Å². The number of H-pyrrole nitrogens is 1. The van der Waals surface area contributed by atoms with Crippen LogP contribution in [0.25, 0.3) is 32.6 Å². The molecule has 5 aromatic rings. The number of hydrogen-bond acceptors (Lipinski definition) is 4. The van der Waals surface area contributed by atoms with Gasteiger partial charge in [0.15, 0.2) is 0 Å². The van der Waals surface area contributed by atoms with Crippen molar-refractivity contribution in [2.24, 2.45) is 0 Å². The third kappa shape index (κ3) is 3.41. The van der Waals surface area contributed by atoms with E-state index in [0.29, 0.717) is 0 Å². The molecule has 0 aliphatic carbocycles. The van der Waals surface area contributed by atoms with E-state index in [1.54, 1.807) is 17.5 Å². The maximum absolute atomic E-state index is 4.44. The van der Waals surface area contributed by atoms with Gasteiger partial charge in [0, 0.05) is 34.2 Å². The highest BCUT2D eigenvalue weighted by molar-refractivity contribution is 7.13. The Kier molecular flexibility index (Phi) is 4.23. The first-order valence-corrected chi connectivity index (χ1v) is 8.83. The Hall–Kier alpha value is -3.05. The van der Waals surface area contributed by atoms with E-state index in [2.05, 4.69) is 38.1 Å². The van der Waals surface area contributed by atoms with Gasteiger partial charge in [0.05, 0.1) is 11.2 Å². The van der Waals surface area contributed by atoms with Crippen LogP contribution < -0.4 is 0 Å². The van der Waals surface area contributed by atoms with E-state index in [0.717, 1.165) is 32.9 Å². The maximum Gasteiger partial charge on any atom is 0.139 e. The van der Waals surface area contributed by atoms with Crippen molar-refractivity contribution in [2.75, 3.05) is 0 Å². The molecule has 0 aliphatic rings. The molecule has 1 N–H and O–H groups in total. The Labute approximate surface area is 149 Å². The van der Waals surface area contributed by atoms with Crippen molar-refractivity contribution >= 4 is 33.3 Å². The Morgan fingerprint density at radius 2 is 1.64 bits per heavy atom. The fraction of sp³-hybridized carbons (Fsp3) is 0.0500. The first-order valence-electron chi connectivity index (χ1n) is 7.95. The van der Waals surface area contributed by atoms with Gasteiger partial charge in [0.2, 0.25) is 0 Å². The monoisotopic (exact) mass is 344 g/mol. The lowest BCUT2D eigenvalue weighted by Gasteiger charge is -1.91. The number of fused-ring (bicyclic) bond motifs is 2. The second-order valence-corrected chi connectivity index (χ2v) is 6.47. The van der Waals surface area contributed by atoms with Crippen molar-refractivity contribution in [1.29, 1.82) is 0 Å². The molecule has 5 rings (SSSR count). The number of aromatic nitrogens is 4. The summed E-state index contributed by atoms with van der Waals surface area (Å²) in [6.07, 6.45) is 3.60. The molecule has 4 heterocycles. The highest BCUT2D eigenvalue weighted by Crippen LogP contribution is 2.25. The molecular weight excluding hydrogens is 328 g/mol. The average molecular weight is 344 g/mol. The summed E-state index contributed by atoms with van der Waals surface area (Å²) in [4.78, 5) is 16.1. The van der Waals surface area contributed by atoms with Gasteiger partial charge in [-0.05, 0) is 37.3 Å². The van der Waals surface area contributed by atoms with Crippen molar-refractivity contribution < 1.29 is 0 Å². The van der Waals surface area contributed by atoms with Crippen molar-refractivity contribution in [3.8, 4) is 10.7 Å². The van der Waals surface area contributed by atoms with Crippen molar-refractivity contribution in [2.45, 2.75) is 6.92 Å². The minimum absolute atomic E-state index is 0.917. The molecule has 0 aliphatic heterocycles. The molecule has 4 nitrogen and oxygen atoms in total. The molecule has 25 heavy (non-hydrogen) atoms. The van der Waals surface area contributed by atoms with E-state index >= 15 is 0 Å². The van der Waals surface area contributed by atoms with Gasteiger partial charge in [0.1, 0.15) is 10.7 Å². The van der Waals surface area contributed by atoms with Gasteiger partial charge < -0.3 is 4.98 Å². The Balaban J connectivity index is 0.000000136. The molecule has 122 valence electrons. The van der Waals surface area contributed by atoms with Crippen LogP contribution in [0.3, 0.4) is 0 Å². The van der Waals surface area contributed by atoms with Gasteiger partial charge in [-0.3, -0.25) is 4.98 Å². The molecule has 0 bridgehead atoms. The number of nitrogens with zero attached hydrogens (tertiary/aromatic N) is 3. The number of pyridine rings is 2. The molecule has 0 spiro atoms. The molecule has 0 atom stereocenters. The highest BCUT2D eigenvalue weighted by atomic mass is 32.1. The molecule has 1 aromatic carbocycles. The van der Waals surface area contributed by atoms with E-state index < -0.39 is 0 Å². The Morgan fingerprint density at radius 1 is 0.880 bits per heavy atom. The van der Waals surface area contributed by atoms with Crippen LogP contribution in [0.4, 0.5) is 0 Å². The predicted octanol–water partition coefficient (Wildman–Crippen LogP) is 5.23. The molecule has 0 unspecified atom stereocenters. The SMILES string of the molecule is Cc1csc(-c2cc3cccnc3[nH]2)n1.c1ccc2ncccc2c1. The minimum atomic E-state index is 0.917. The van der Waals surface area contributed by atoms with Crippen LogP contribution in [0.2, 0.25) is 0 Å². The topological polar surface area (TPSA) is 54.5 Å². The van der Waals surface area contributed by atoms with Crippen molar-refractivity contribution in [3.05, 3.63) is 78.1 Å². The van der Waals surface area contributed by atoms with Gasteiger partial charge >= 0.3 is 0 Å². The summed E-state index contributed by atoms with van der Waals surface area (Å²) in [5, 5.41) is 5.39. The van der Waals surface area contributed by atoms with E-state index in [1.807, 2.05) is 54.9 Å². The fourth-order valence-electron chi connectivity index (χ4n) is 2.57. The lowest BCUT2D eigenvalue weighted by molar-refractivity contribution is 1.25. The predicted molar refractivity (Wildman–Crippen MR) is 104 cm³/mol. The van der Waals surface area contributed by atoms with E-state index in [1.165, 1.54) is 5.39 Å². The van der Waals surface area contributed by atoms with Crippen LogP contribution in [0.1, 0.15) is 5.69 Å². The van der Waals surface area contributed by atoms with Crippen LogP contribution in [0, 0.1) is 6.92 Å². The summed E-state index contributed by atoms with van der Waals surface area (Å²) >= 11 is 1.65. The number of hydrogen-bond donors (Lipinski definition) is 1. The molecule has 4 aromatic heterocycles. The normalized spacial score (nSPS) is 10.6. The Bertz CT molecular complexity index is 1030. The second-order valence-electron chi connectivity index (χ2n) is 5.61. The molecule has 0 saturated carbocycles. The summed E-state index contributed by atoms with van der Waals surface area (Å²) in [5.74, 6) is 0. The first-order chi connectivity index (χ1) is 12.3. The summed E-state index contributed by atoms with van der Waals surface area (Å²) in [6.45, 7) is 2.00. The van der Waals surface area contributed by atoms with Gasteiger partial charge in [-0.2, -0.15) is 0 Å².